The minimum Gasteiger partial charge on any atom is -0.368 e. The van der Waals surface area contributed by atoms with Gasteiger partial charge in [-0.2, -0.15) is 0 Å². The highest BCUT2D eigenvalue weighted by Crippen LogP contribution is 2.19. The van der Waals surface area contributed by atoms with Gasteiger partial charge in [0, 0.05) is 50.3 Å². The zero-order chi connectivity index (χ0) is 17.1. The van der Waals surface area contributed by atoms with Crippen LogP contribution in [0, 0.1) is 13.8 Å². The van der Waals surface area contributed by atoms with Gasteiger partial charge in [-0.3, -0.25) is 9.78 Å². The lowest BCUT2D eigenvalue weighted by molar-refractivity contribution is -0.128. The van der Waals surface area contributed by atoms with Gasteiger partial charge >= 0.3 is 0 Å². The summed E-state index contributed by atoms with van der Waals surface area (Å²) in [6, 6.07) is 4.21. The summed E-state index contributed by atoms with van der Waals surface area (Å²) in [6.45, 7) is 7.23. The van der Waals surface area contributed by atoms with Crippen LogP contribution in [0.4, 0.5) is 5.69 Å². The monoisotopic (exact) mass is 346 g/mol. The van der Waals surface area contributed by atoms with Crippen LogP contribution >= 0.6 is 11.8 Å². The van der Waals surface area contributed by atoms with Crippen molar-refractivity contribution in [3.05, 3.63) is 29.8 Å². The first kappa shape index (κ1) is 16.8. The van der Waals surface area contributed by atoms with E-state index in [1.807, 2.05) is 30.4 Å². The molecule has 1 saturated heterocycles. The largest absolute Gasteiger partial charge is 0.368 e. The highest BCUT2D eigenvalue weighted by atomic mass is 32.2. The molecule has 7 nitrogen and oxygen atoms in total. The third-order valence-electron chi connectivity index (χ3n) is 4.06. The number of hydrogen-bond donors (Lipinski definition) is 0. The Kier molecular flexibility index (Phi) is 5.03. The van der Waals surface area contributed by atoms with Gasteiger partial charge in [-0.25, -0.2) is 0 Å². The Balaban J connectivity index is 1.52. The molecule has 0 radical (unpaired) electrons. The van der Waals surface area contributed by atoms with Crippen molar-refractivity contribution >= 4 is 23.4 Å². The first-order valence-electron chi connectivity index (χ1n) is 7.98. The van der Waals surface area contributed by atoms with Crippen LogP contribution < -0.4 is 4.90 Å². The normalized spacial score (nSPS) is 15.0. The highest BCUT2D eigenvalue weighted by molar-refractivity contribution is 7.99. The molecule has 1 aliphatic rings. The Morgan fingerprint density at radius 3 is 2.42 bits per heavy atom. The van der Waals surface area contributed by atoms with Crippen LogP contribution in [0.1, 0.15) is 11.4 Å². The predicted octanol–water partition coefficient (Wildman–Crippen LogP) is 1.27. The van der Waals surface area contributed by atoms with Gasteiger partial charge in [0.15, 0.2) is 5.16 Å². The van der Waals surface area contributed by atoms with E-state index in [9.17, 15) is 4.79 Å². The highest BCUT2D eigenvalue weighted by Gasteiger charge is 2.22. The van der Waals surface area contributed by atoms with E-state index in [2.05, 4.69) is 32.2 Å². The summed E-state index contributed by atoms with van der Waals surface area (Å²) >= 11 is 1.43. The molecular weight excluding hydrogens is 324 g/mol. The number of anilines is 1. The molecular formula is C16H22N6OS. The second-order valence-electron chi connectivity index (χ2n) is 5.99. The number of amides is 1. The van der Waals surface area contributed by atoms with Crippen molar-refractivity contribution in [2.24, 2.45) is 7.05 Å². The molecule has 1 amide bonds. The maximum atomic E-state index is 12.4. The number of thioether (sulfide) groups is 1. The summed E-state index contributed by atoms with van der Waals surface area (Å²) < 4.78 is 1.82. The zero-order valence-corrected chi connectivity index (χ0v) is 15.1. The number of aromatic nitrogens is 4. The average molecular weight is 346 g/mol. The van der Waals surface area contributed by atoms with E-state index in [0.717, 1.165) is 42.7 Å². The fraction of sp³-hybridized carbons (Fsp3) is 0.500. The molecule has 0 aliphatic carbocycles. The summed E-state index contributed by atoms with van der Waals surface area (Å²) in [7, 11) is 1.88. The molecule has 0 saturated carbocycles. The Bertz CT molecular complexity index is 703. The van der Waals surface area contributed by atoms with Gasteiger partial charge in [-0.15, -0.1) is 10.2 Å². The summed E-state index contributed by atoms with van der Waals surface area (Å²) in [5.74, 6) is 0.560. The molecule has 2 aromatic rings. The van der Waals surface area contributed by atoms with Gasteiger partial charge in [0.1, 0.15) is 6.33 Å². The SMILES string of the molecule is Cc1cc(N2CCN(C(=O)CSc3nncn3C)CC2)cc(C)n1. The summed E-state index contributed by atoms with van der Waals surface area (Å²) in [5.41, 5.74) is 3.26. The molecule has 3 rings (SSSR count). The van der Waals surface area contributed by atoms with E-state index in [-0.39, 0.29) is 5.91 Å². The minimum absolute atomic E-state index is 0.157. The number of aryl methyl sites for hydroxylation is 3. The molecule has 0 bridgehead atoms. The first-order valence-corrected chi connectivity index (χ1v) is 8.96. The summed E-state index contributed by atoms with van der Waals surface area (Å²) in [5, 5.41) is 8.59. The van der Waals surface area contributed by atoms with Gasteiger partial charge in [0.25, 0.3) is 0 Å². The van der Waals surface area contributed by atoms with Gasteiger partial charge in [-0.1, -0.05) is 11.8 Å². The molecule has 0 unspecified atom stereocenters. The van der Waals surface area contributed by atoms with E-state index in [4.69, 9.17) is 0 Å². The van der Waals surface area contributed by atoms with E-state index in [1.54, 1.807) is 6.33 Å². The van der Waals surface area contributed by atoms with Crippen molar-refractivity contribution in [3.8, 4) is 0 Å². The van der Waals surface area contributed by atoms with Crippen molar-refractivity contribution in [1.82, 2.24) is 24.6 Å². The van der Waals surface area contributed by atoms with Crippen LogP contribution in [-0.4, -0.2) is 62.5 Å². The maximum absolute atomic E-state index is 12.4. The van der Waals surface area contributed by atoms with E-state index < -0.39 is 0 Å². The van der Waals surface area contributed by atoms with Gasteiger partial charge < -0.3 is 14.4 Å². The molecule has 0 spiro atoms. The fourth-order valence-corrected chi connectivity index (χ4v) is 3.62. The number of nitrogens with zero attached hydrogens (tertiary/aromatic N) is 6. The summed E-state index contributed by atoms with van der Waals surface area (Å²) in [4.78, 5) is 21.0. The van der Waals surface area contributed by atoms with E-state index >= 15 is 0 Å². The predicted molar refractivity (Wildman–Crippen MR) is 94.2 cm³/mol. The fourth-order valence-electron chi connectivity index (χ4n) is 2.83. The van der Waals surface area contributed by atoms with Crippen LogP contribution in [0.2, 0.25) is 0 Å². The van der Waals surface area contributed by atoms with E-state index in [1.165, 1.54) is 17.4 Å². The third-order valence-corrected chi connectivity index (χ3v) is 5.08. The number of hydrogen-bond acceptors (Lipinski definition) is 6. The summed E-state index contributed by atoms with van der Waals surface area (Å²) in [6.07, 6.45) is 1.64. The quantitative estimate of drug-likeness (QED) is 0.777. The van der Waals surface area contributed by atoms with E-state index in [0.29, 0.717) is 5.75 Å². The number of piperazine rings is 1. The van der Waals surface area contributed by atoms with Gasteiger partial charge in [-0.05, 0) is 26.0 Å². The molecule has 1 fully saturated rings. The Hall–Kier alpha value is -2.09. The van der Waals surface area contributed by atoms with Crippen LogP contribution in [0.25, 0.3) is 0 Å². The second kappa shape index (κ2) is 7.21. The van der Waals surface area contributed by atoms with Crippen LogP contribution in [0.15, 0.2) is 23.6 Å². The first-order chi connectivity index (χ1) is 11.5. The van der Waals surface area contributed by atoms with Crippen molar-refractivity contribution in [2.45, 2.75) is 19.0 Å². The lowest BCUT2D eigenvalue weighted by Crippen LogP contribution is -2.49. The number of pyridine rings is 1. The molecule has 0 aromatic carbocycles. The molecule has 0 N–H and O–H groups in total. The lowest BCUT2D eigenvalue weighted by atomic mass is 10.2. The molecule has 2 aromatic heterocycles. The molecule has 128 valence electrons. The standard InChI is InChI=1S/C16H22N6OS/c1-12-8-14(9-13(2)18-12)21-4-6-22(7-5-21)15(23)10-24-16-19-17-11-20(16)3/h8-9,11H,4-7,10H2,1-3H3. The van der Waals surface area contributed by atoms with Crippen molar-refractivity contribution in [2.75, 3.05) is 36.8 Å². The Labute approximate surface area is 146 Å². The van der Waals surface area contributed by atoms with Crippen LogP contribution in [0.3, 0.4) is 0 Å². The van der Waals surface area contributed by atoms with Crippen LogP contribution in [-0.2, 0) is 11.8 Å². The number of rotatable bonds is 4. The van der Waals surface area contributed by atoms with Gasteiger partial charge in [0.05, 0.1) is 5.75 Å². The molecule has 3 heterocycles. The minimum atomic E-state index is 0.157. The zero-order valence-electron chi connectivity index (χ0n) is 14.3. The van der Waals surface area contributed by atoms with Crippen LogP contribution in [0.5, 0.6) is 0 Å². The molecule has 24 heavy (non-hydrogen) atoms. The Morgan fingerprint density at radius 1 is 1.17 bits per heavy atom. The topological polar surface area (TPSA) is 67.2 Å². The maximum Gasteiger partial charge on any atom is 0.233 e. The molecule has 8 heteroatoms. The molecule has 0 atom stereocenters. The second-order valence-corrected chi connectivity index (χ2v) is 6.93. The van der Waals surface area contributed by atoms with Gasteiger partial charge in [0.2, 0.25) is 5.91 Å². The van der Waals surface area contributed by atoms with Crippen molar-refractivity contribution in [1.29, 1.82) is 0 Å². The Morgan fingerprint density at radius 2 is 1.83 bits per heavy atom. The van der Waals surface area contributed by atoms with Crippen molar-refractivity contribution < 1.29 is 4.79 Å². The molecule has 1 aliphatic heterocycles. The van der Waals surface area contributed by atoms with Crippen molar-refractivity contribution in [3.63, 3.8) is 0 Å². The average Bonchev–Trinajstić information content (AvgIpc) is 2.97. The number of carbonyl (C=O) groups is 1. The third kappa shape index (κ3) is 3.87. The lowest BCUT2D eigenvalue weighted by Gasteiger charge is -2.36. The number of carbonyl (C=O) groups excluding carboxylic acids is 1. The smallest absolute Gasteiger partial charge is 0.233 e.